The van der Waals surface area contributed by atoms with E-state index < -0.39 is 10.0 Å². The Labute approximate surface area is 122 Å². The van der Waals surface area contributed by atoms with Gasteiger partial charge in [0.2, 0.25) is 0 Å². The Morgan fingerprint density at radius 3 is 2.75 bits per heavy atom. The zero-order valence-corrected chi connectivity index (χ0v) is 13.3. The molecule has 8 heteroatoms. The molecule has 110 valence electrons. The molecule has 0 fully saturated rings. The number of sulfonamides is 1. The first kappa shape index (κ1) is 15.0. The fourth-order valence-corrected chi connectivity index (χ4v) is 3.73. The maximum atomic E-state index is 12.3. The second kappa shape index (κ2) is 5.94. The number of thiazole rings is 1. The number of nitrogens with zero attached hydrogens (tertiary/aromatic N) is 2. The molecule has 0 aromatic carbocycles. The molecule has 2 N–H and O–H groups in total. The van der Waals surface area contributed by atoms with Crippen LogP contribution in [0.4, 0.5) is 5.13 Å². The molecule has 0 amide bonds. The quantitative estimate of drug-likeness (QED) is 0.855. The van der Waals surface area contributed by atoms with Crippen LogP contribution in [0.2, 0.25) is 0 Å². The molecule has 0 bridgehead atoms. The molecule has 20 heavy (non-hydrogen) atoms. The molecule has 0 aliphatic heterocycles. The van der Waals surface area contributed by atoms with Gasteiger partial charge in [-0.2, -0.15) is 0 Å². The van der Waals surface area contributed by atoms with Gasteiger partial charge >= 0.3 is 0 Å². The Morgan fingerprint density at radius 1 is 1.45 bits per heavy atom. The molecule has 2 rings (SSSR count). The van der Waals surface area contributed by atoms with E-state index in [-0.39, 0.29) is 10.9 Å². The van der Waals surface area contributed by atoms with Gasteiger partial charge in [-0.15, -0.1) is 11.3 Å². The maximum absolute atomic E-state index is 12.3. The fraction of sp³-hybridized carbons (Fsp3) is 0.417. The lowest BCUT2D eigenvalue weighted by Crippen LogP contribution is -2.12. The van der Waals surface area contributed by atoms with Gasteiger partial charge in [0, 0.05) is 36.1 Å². The third-order valence-corrected chi connectivity index (χ3v) is 4.91. The number of rotatable bonds is 6. The van der Waals surface area contributed by atoms with Crippen molar-refractivity contribution in [2.75, 3.05) is 11.8 Å². The summed E-state index contributed by atoms with van der Waals surface area (Å²) in [6, 6.07) is 1.88. The summed E-state index contributed by atoms with van der Waals surface area (Å²) in [6.45, 7) is 4.65. The monoisotopic (exact) mass is 314 g/mol. The normalized spacial score (nSPS) is 12.0. The summed E-state index contributed by atoms with van der Waals surface area (Å²) in [5.74, 6) is 0. The van der Waals surface area contributed by atoms with Crippen molar-refractivity contribution in [3.8, 4) is 0 Å². The summed E-state index contributed by atoms with van der Waals surface area (Å²) in [7, 11) is -1.75. The molecule has 0 saturated heterocycles. The standard InChI is InChI=1S/C12H18N4O2S2/c1-9(2)16-8-11(6-10(16)7-13-3)20(17,18)15-12-14-4-5-19-12/h4-6,8-9,13H,7H2,1-3H3,(H,14,15). The number of hydrogen-bond acceptors (Lipinski definition) is 5. The van der Waals surface area contributed by atoms with Crippen molar-refractivity contribution in [1.82, 2.24) is 14.9 Å². The average Bonchev–Trinajstić information content (AvgIpc) is 2.98. The van der Waals surface area contributed by atoms with Crippen LogP contribution in [0.5, 0.6) is 0 Å². The van der Waals surface area contributed by atoms with Crippen LogP contribution in [0, 0.1) is 0 Å². The van der Waals surface area contributed by atoms with Crippen molar-refractivity contribution < 1.29 is 8.42 Å². The summed E-state index contributed by atoms with van der Waals surface area (Å²) in [5, 5.41) is 5.14. The van der Waals surface area contributed by atoms with Crippen LogP contribution >= 0.6 is 11.3 Å². The average molecular weight is 314 g/mol. The van der Waals surface area contributed by atoms with Gasteiger partial charge in [0.1, 0.15) is 4.90 Å². The Kier molecular flexibility index (Phi) is 4.46. The van der Waals surface area contributed by atoms with Crippen LogP contribution < -0.4 is 10.0 Å². The minimum atomic E-state index is -3.59. The summed E-state index contributed by atoms with van der Waals surface area (Å²) in [4.78, 5) is 4.19. The molecular formula is C12H18N4O2S2. The summed E-state index contributed by atoms with van der Waals surface area (Å²) in [5.41, 5.74) is 0.932. The van der Waals surface area contributed by atoms with E-state index in [2.05, 4.69) is 15.0 Å². The Hall–Kier alpha value is -1.38. The largest absolute Gasteiger partial charge is 0.346 e. The maximum Gasteiger partial charge on any atom is 0.265 e. The molecular weight excluding hydrogens is 296 g/mol. The molecule has 0 atom stereocenters. The fourth-order valence-electron chi connectivity index (χ4n) is 1.89. The predicted octanol–water partition coefficient (Wildman–Crippen LogP) is 2.05. The van der Waals surface area contributed by atoms with Crippen molar-refractivity contribution in [2.24, 2.45) is 0 Å². The van der Waals surface area contributed by atoms with Crippen molar-refractivity contribution in [1.29, 1.82) is 0 Å². The van der Waals surface area contributed by atoms with Gasteiger partial charge in [-0.25, -0.2) is 13.4 Å². The smallest absolute Gasteiger partial charge is 0.265 e. The highest BCUT2D eigenvalue weighted by Gasteiger charge is 2.20. The third kappa shape index (κ3) is 3.20. The highest BCUT2D eigenvalue weighted by atomic mass is 32.2. The van der Waals surface area contributed by atoms with E-state index in [1.165, 1.54) is 11.3 Å². The van der Waals surface area contributed by atoms with Crippen molar-refractivity contribution in [3.63, 3.8) is 0 Å². The predicted molar refractivity (Wildman–Crippen MR) is 80.5 cm³/mol. The van der Waals surface area contributed by atoms with Crippen LogP contribution in [0.3, 0.4) is 0 Å². The molecule has 0 aliphatic carbocycles. The lowest BCUT2D eigenvalue weighted by Gasteiger charge is -2.11. The van der Waals surface area contributed by atoms with E-state index in [0.717, 1.165) is 5.69 Å². The summed E-state index contributed by atoms with van der Waals surface area (Å²) < 4.78 is 29.1. The van der Waals surface area contributed by atoms with E-state index in [4.69, 9.17) is 0 Å². The Balaban J connectivity index is 2.34. The second-order valence-corrected chi connectivity index (χ2v) is 7.22. The molecule has 2 aromatic heterocycles. The minimum Gasteiger partial charge on any atom is -0.346 e. The van der Waals surface area contributed by atoms with E-state index in [9.17, 15) is 8.42 Å². The SMILES string of the molecule is CNCc1cc(S(=O)(=O)Nc2nccs2)cn1C(C)C. The molecule has 2 heterocycles. The Bertz CT molecular complexity index is 660. The van der Waals surface area contributed by atoms with Crippen LogP contribution in [0.25, 0.3) is 0 Å². The number of anilines is 1. The van der Waals surface area contributed by atoms with Crippen molar-refractivity contribution in [3.05, 3.63) is 29.5 Å². The molecule has 0 unspecified atom stereocenters. The molecule has 2 aromatic rings. The van der Waals surface area contributed by atoms with Gasteiger partial charge in [0.25, 0.3) is 10.0 Å². The van der Waals surface area contributed by atoms with Crippen molar-refractivity contribution >= 4 is 26.5 Å². The van der Waals surface area contributed by atoms with Gasteiger partial charge in [0.15, 0.2) is 5.13 Å². The first-order valence-electron chi connectivity index (χ1n) is 6.21. The third-order valence-electron chi connectivity index (χ3n) is 2.79. The van der Waals surface area contributed by atoms with Gasteiger partial charge < -0.3 is 9.88 Å². The van der Waals surface area contributed by atoms with Crippen LogP contribution in [-0.2, 0) is 16.6 Å². The van der Waals surface area contributed by atoms with Gasteiger partial charge in [0.05, 0.1) is 0 Å². The number of aromatic nitrogens is 2. The Morgan fingerprint density at radius 2 is 2.20 bits per heavy atom. The number of nitrogens with one attached hydrogen (secondary N) is 2. The van der Waals surface area contributed by atoms with Gasteiger partial charge in [-0.05, 0) is 27.0 Å². The van der Waals surface area contributed by atoms with E-state index in [0.29, 0.717) is 11.7 Å². The van der Waals surface area contributed by atoms with Crippen LogP contribution in [-0.4, -0.2) is 25.0 Å². The molecule has 0 aliphatic rings. The summed E-state index contributed by atoms with van der Waals surface area (Å²) >= 11 is 1.25. The molecule has 0 spiro atoms. The van der Waals surface area contributed by atoms with Gasteiger partial charge in [-0.1, -0.05) is 0 Å². The van der Waals surface area contributed by atoms with E-state index in [1.807, 2.05) is 25.5 Å². The molecule has 0 saturated carbocycles. The highest BCUT2D eigenvalue weighted by Crippen LogP contribution is 2.22. The second-order valence-electron chi connectivity index (χ2n) is 4.64. The molecule has 6 nitrogen and oxygen atoms in total. The lowest BCUT2D eigenvalue weighted by molar-refractivity contribution is 0.562. The van der Waals surface area contributed by atoms with E-state index >= 15 is 0 Å². The first-order valence-corrected chi connectivity index (χ1v) is 8.58. The zero-order chi connectivity index (χ0) is 14.8. The molecule has 0 radical (unpaired) electrons. The van der Waals surface area contributed by atoms with Gasteiger partial charge in [-0.3, -0.25) is 4.72 Å². The highest BCUT2D eigenvalue weighted by molar-refractivity contribution is 7.93. The topological polar surface area (TPSA) is 76.0 Å². The van der Waals surface area contributed by atoms with Crippen LogP contribution in [0.1, 0.15) is 25.6 Å². The summed E-state index contributed by atoms with van der Waals surface area (Å²) in [6.07, 6.45) is 3.22. The minimum absolute atomic E-state index is 0.196. The zero-order valence-electron chi connectivity index (χ0n) is 11.6. The van der Waals surface area contributed by atoms with Crippen molar-refractivity contribution in [2.45, 2.75) is 31.3 Å². The van der Waals surface area contributed by atoms with Crippen LogP contribution in [0.15, 0.2) is 28.7 Å². The van der Waals surface area contributed by atoms with E-state index in [1.54, 1.807) is 23.8 Å². The number of hydrogen-bond donors (Lipinski definition) is 2. The lowest BCUT2D eigenvalue weighted by atomic mass is 10.3. The first-order chi connectivity index (χ1) is 9.44.